The van der Waals surface area contributed by atoms with Crippen LogP contribution in [0.25, 0.3) is 0 Å². The molecule has 0 aliphatic carbocycles. The predicted molar refractivity (Wildman–Crippen MR) is 90.4 cm³/mol. The van der Waals surface area contributed by atoms with E-state index in [1.165, 1.54) is 6.42 Å². The molecular formula is C18H36N2O. The smallest absolute Gasteiger partial charge is 0.223 e. The number of carbonyl (C=O) groups excluding carboxylic acids is 1. The molecule has 1 aliphatic rings. The summed E-state index contributed by atoms with van der Waals surface area (Å²) in [5.74, 6) is 0.317. The maximum atomic E-state index is 12.5. The number of nitrogens with zero attached hydrogens (tertiary/aromatic N) is 2. The molecule has 21 heavy (non-hydrogen) atoms. The van der Waals surface area contributed by atoms with Gasteiger partial charge < -0.3 is 4.90 Å². The molecule has 0 bridgehead atoms. The molecule has 2 atom stereocenters. The first-order valence-electron chi connectivity index (χ1n) is 8.42. The maximum Gasteiger partial charge on any atom is 0.223 e. The molecule has 0 aromatic rings. The number of carbonyl (C=O) groups is 1. The van der Waals surface area contributed by atoms with Crippen LogP contribution in [-0.4, -0.2) is 47.4 Å². The van der Waals surface area contributed by atoms with E-state index in [1.54, 1.807) is 0 Å². The molecule has 3 heteroatoms. The minimum Gasteiger partial charge on any atom is -0.337 e. The summed E-state index contributed by atoms with van der Waals surface area (Å²) in [6.07, 6.45) is 1.85. The molecule has 1 heterocycles. The Morgan fingerprint density at radius 2 is 1.52 bits per heavy atom. The number of rotatable bonds is 3. The van der Waals surface area contributed by atoms with Crippen molar-refractivity contribution in [2.24, 2.45) is 10.8 Å². The molecule has 0 saturated carbocycles. The van der Waals surface area contributed by atoms with Gasteiger partial charge in [0.05, 0.1) is 0 Å². The Hall–Kier alpha value is -0.570. The van der Waals surface area contributed by atoms with E-state index >= 15 is 0 Å². The molecule has 1 rings (SSSR count). The standard InChI is InChI=1S/C18H36N2O/c1-14-13-20(16(21)11-18(6,7)8)15(2)12-19(14)10-9-17(3,4)5/h14-15H,9-13H2,1-8H3/t14-,15-/m0/s1. The molecule has 1 amide bonds. The van der Waals surface area contributed by atoms with Crippen molar-refractivity contribution in [1.29, 1.82) is 0 Å². The highest BCUT2D eigenvalue weighted by Gasteiger charge is 2.33. The highest BCUT2D eigenvalue weighted by atomic mass is 16.2. The van der Waals surface area contributed by atoms with Crippen molar-refractivity contribution in [2.45, 2.75) is 80.3 Å². The van der Waals surface area contributed by atoms with Gasteiger partial charge in [0.2, 0.25) is 5.91 Å². The quantitative estimate of drug-likeness (QED) is 0.791. The Bertz CT molecular complexity index is 351. The molecule has 1 saturated heterocycles. The maximum absolute atomic E-state index is 12.5. The van der Waals surface area contributed by atoms with Crippen molar-refractivity contribution in [3.8, 4) is 0 Å². The van der Waals surface area contributed by atoms with Crippen LogP contribution in [0.2, 0.25) is 0 Å². The van der Waals surface area contributed by atoms with Gasteiger partial charge in [0.1, 0.15) is 0 Å². The summed E-state index contributed by atoms with van der Waals surface area (Å²) in [7, 11) is 0. The van der Waals surface area contributed by atoms with Crippen LogP contribution in [0.4, 0.5) is 0 Å². The minimum absolute atomic E-state index is 0.0728. The number of hydrogen-bond acceptors (Lipinski definition) is 2. The van der Waals surface area contributed by atoms with E-state index in [1.807, 2.05) is 0 Å². The van der Waals surface area contributed by atoms with Crippen LogP contribution in [0.15, 0.2) is 0 Å². The Labute approximate surface area is 132 Å². The SMILES string of the molecule is C[C@H]1CN(C(=O)CC(C)(C)C)[C@@H](C)CN1CCC(C)(C)C. The van der Waals surface area contributed by atoms with Crippen molar-refractivity contribution >= 4 is 5.91 Å². The van der Waals surface area contributed by atoms with Crippen molar-refractivity contribution in [3.05, 3.63) is 0 Å². The van der Waals surface area contributed by atoms with Crippen molar-refractivity contribution in [2.75, 3.05) is 19.6 Å². The molecule has 0 aromatic carbocycles. The summed E-state index contributed by atoms with van der Waals surface area (Å²) in [6, 6.07) is 0.795. The zero-order valence-corrected chi connectivity index (χ0v) is 15.5. The normalized spacial score (nSPS) is 25.2. The topological polar surface area (TPSA) is 23.6 Å². The first-order chi connectivity index (χ1) is 9.39. The van der Waals surface area contributed by atoms with E-state index < -0.39 is 0 Å². The van der Waals surface area contributed by atoms with Gasteiger partial charge in [-0.15, -0.1) is 0 Å². The Kier molecular flexibility index (Phi) is 5.88. The minimum atomic E-state index is 0.0728. The van der Waals surface area contributed by atoms with Crippen LogP contribution in [0.1, 0.15) is 68.2 Å². The molecule has 0 unspecified atom stereocenters. The van der Waals surface area contributed by atoms with E-state index in [-0.39, 0.29) is 5.41 Å². The number of hydrogen-bond donors (Lipinski definition) is 0. The lowest BCUT2D eigenvalue weighted by Crippen LogP contribution is -2.58. The average molecular weight is 296 g/mol. The Morgan fingerprint density at radius 1 is 0.952 bits per heavy atom. The molecule has 0 radical (unpaired) electrons. The summed E-state index contributed by atoms with van der Waals surface area (Å²) in [4.78, 5) is 17.2. The molecular weight excluding hydrogens is 260 g/mol. The van der Waals surface area contributed by atoms with Crippen molar-refractivity contribution < 1.29 is 4.79 Å². The van der Waals surface area contributed by atoms with Gasteiger partial charge in [-0.25, -0.2) is 0 Å². The lowest BCUT2D eigenvalue weighted by atomic mass is 9.90. The molecule has 1 fully saturated rings. The van der Waals surface area contributed by atoms with E-state index in [4.69, 9.17) is 0 Å². The second-order valence-electron chi connectivity index (χ2n) is 9.29. The fourth-order valence-electron chi connectivity index (χ4n) is 2.89. The van der Waals surface area contributed by atoms with Crippen LogP contribution >= 0.6 is 0 Å². The summed E-state index contributed by atoms with van der Waals surface area (Å²) in [5.41, 5.74) is 0.450. The van der Waals surface area contributed by atoms with Gasteiger partial charge in [-0.3, -0.25) is 9.69 Å². The van der Waals surface area contributed by atoms with E-state index in [0.29, 0.717) is 29.8 Å². The van der Waals surface area contributed by atoms with E-state index in [2.05, 4.69) is 65.2 Å². The monoisotopic (exact) mass is 296 g/mol. The highest BCUT2D eigenvalue weighted by molar-refractivity contribution is 5.77. The fraction of sp³-hybridized carbons (Fsp3) is 0.944. The van der Waals surface area contributed by atoms with Gasteiger partial charge in [0, 0.05) is 31.6 Å². The number of piperazine rings is 1. The molecule has 0 N–H and O–H groups in total. The van der Waals surface area contributed by atoms with Crippen LogP contribution in [-0.2, 0) is 4.79 Å². The molecule has 0 aromatic heterocycles. The van der Waals surface area contributed by atoms with Crippen molar-refractivity contribution in [3.63, 3.8) is 0 Å². The van der Waals surface area contributed by atoms with Crippen molar-refractivity contribution in [1.82, 2.24) is 9.80 Å². The van der Waals surface area contributed by atoms with Crippen LogP contribution in [0, 0.1) is 10.8 Å². The van der Waals surface area contributed by atoms with E-state index in [0.717, 1.165) is 19.6 Å². The van der Waals surface area contributed by atoms with Crippen LogP contribution < -0.4 is 0 Å². The van der Waals surface area contributed by atoms with Crippen LogP contribution in [0.5, 0.6) is 0 Å². The highest BCUT2D eigenvalue weighted by Crippen LogP contribution is 2.25. The fourth-order valence-corrected chi connectivity index (χ4v) is 2.89. The third kappa shape index (κ3) is 6.37. The zero-order chi connectivity index (χ0) is 16.4. The van der Waals surface area contributed by atoms with Gasteiger partial charge in [-0.1, -0.05) is 41.5 Å². The van der Waals surface area contributed by atoms with Gasteiger partial charge in [-0.05, 0) is 37.6 Å². The number of amides is 1. The summed E-state index contributed by atoms with van der Waals surface area (Å²) >= 11 is 0. The Morgan fingerprint density at radius 3 is 2.00 bits per heavy atom. The predicted octanol–water partition coefficient (Wildman–Crippen LogP) is 3.78. The second kappa shape index (κ2) is 6.68. The summed E-state index contributed by atoms with van der Waals surface area (Å²) in [5, 5.41) is 0. The summed E-state index contributed by atoms with van der Waals surface area (Å²) in [6.45, 7) is 20.8. The van der Waals surface area contributed by atoms with Gasteiger partial charge in [0.15, 0.2) is 0 Å². The molecule has 124 valence electrons. The first-order valence-corrected chi connectivity index (χ1v) is 8.42. The van der Waals surface area contributed by atoms with E-state index in [9.17, 15) is 4.79 Å². The molecule has 0 spiro atoms. The largest absolute Gasteiger partial charge is 0.337 e. The third-order valence-electron chi connectivity index (χ3n) is 4.27. The summed E-state index contributed by atoms with van der Waals surface area (Å²) < 4.78 is 0. The van der Waals surface area contributed by atoms with Gasteiger partial charge >= 0.3 is 0 Å². The lowest BCUT2D eigenvalue weighted by Gasteiger charge is -2.45. The molecule has 1 aliphatic heterocycles. The van der Waals surface area contributed by atoms with Gasteiger partial charge in [0.25, 0.3) is 0 Å². The lowest BCUT2D eigenvalue weighted by molar-refractivity contribution is -0.139. The molecule has 3 nitrogen and oxygen atoms in total. The first kappa shape index (κ1) is 18.5. The Balaban J connectivity index is 2.59. The second-order valence-corrected chi connectivity index (χ2v) is 9.29. The zero-order valence-electron chi connectivity index (χ0n) is 15.5. The van der Waals surface area contributed by atoms with Gasteiger partial charge in [-0.2, -0.15) is 0 Å². The average Bonchev–Trinajstić information content (AvgIpc) is 2.26. The third-order valence-corrected chi connectivity index (χ3v) is 4.27. The van der Waals surface area contributed by atoms with Crippen LogP contribution in [0.3, 0.4) is 0 Å².